The van der Waals surface area contributed by atoms with Gasteiger partial charge < -0.3 is 11.1 Å². The lowest BCUT2D eigenvalue weighted by molar-refractivity contribution is -0.0155. The molecule has 0 spiro atoms. The van der Waals surface area contributed by atoms with E-state index in [0.29, 0.717) is 30.2 Å². The van der Waals surface area contributed by atoms with E-state index in [9.17, 15) is 0 Å². The van der Waals surface area contributed by atoms with Gasteiger partial charge in [0.15, 0.2) is 0 Å². The van der Waals surface area contributed by atoms with Gasteiger partial charge in [0.1, 0.15) is 0 Å². The fourth-order valence-electron chi connectivity index (χ4n) is 8.47. The van der Waals surface area contributed by atoms with Crippen LogP contribution in [-0.2, 0) is 0 Å². The van der Waals surface area contributed by atoms with Gasteiger partial charge in [-0.3, -0.25) is 9.80 Å². The van der Waals surface area contributed by atoms with Gasteiger partial charge in [-0.05, 0) is 132 Å². The number of hydrogen-bond acceptors (Lipinski definition) is 4. The normalized spacial score (nSPS) is 27.7. The molecule has 3 N–H and O–H groups in total. The van der Waals surface area contributed by atoms with Crippen molar-refractivity contribution in [2.24, 2.45) is 17.6 Å². The second-order valence-electron chi connectivity index (χ2n) is 13.7. The summed E-state index contributed by atoms with van der Waals surface area (Å²) in [6, 6.07) is 3.85. The van der Waals surface area contributed by atoms with Crippen LogP contribution in [0.15, 0.2) is 0 Å². The summed E-state index contributed by atoms with van der Waals surface area (Å²) in [5, 5.41) is 4.27. The van der Waals surface area contributed by atoms with Gasteiger partial charge >= 0.3 is 0 Å². The lowest BCUT2D eigenvalue weighted by Gasteiger charge is -2.54. The molecule has 0 heterocycles. The van der Waals surface area contributed by atoms with Crippen LogP contribution >= 0.6 is 0 Å². The first kappa shape index (κ1) is 32.1. The van der Waals surface area contributed by atoms with Gasteiger partial charge in [-0.1, -0.05) is 32.1 Å². The maximum atomic E-state index is 5.81. The summed E-state index contributed by atoms with van der Waals surface area (Å²) in [5.74, 6) is 1.51. The molecule has 0 saturated heterocycles. The van der Waals surface area contributed by atoms with Crippen LogP contribution in [-0.4, -0.2) is 64.7 Å². The highest BCUT2D eigenvalue weighted by Gasteiger charge is 2.46. The van der Waals surface area contributed by atoms with E-state index in [4.69, 9.17) is 5.73 Å². The highest BCUT2D eigenvalue weighted by molar-refractivity contribution is 5.03. The molecule has 0 aromatic heterocycles. The Kier molecular flexibility index (Phi) is 13.7. The van der Waals surface area contributed by atoms with Gasteiger partial charge in [-0.2, -0.15) is 0 Å². The van der Waals surface area contributed by atoms with Gasteiger partial charge in [0.2, 0.25) is 0 Å². The van der Waals surface area contributed by atoms with Gasteiger partial charge in [0.05, 0.1) is 0 Å². The van der Waals surface area contributed by atoms with Crippen molar-refractivity contribution in [3.63, 3.8) is 0 Å². The molecule has 2 aliphatic carbocycles. The van der Waals surface area contributed by atoms with Crippen LogP contribution in [0.2, 0.25) is 0 Å². The number of nitrogens with two attached hydrogens (primary N) is 1. The average Bonchev–Trinajstić information content (AvgIpc) is 2.79. The maximum absolute atomic E-state index is 5.81. The molecule has 2 fully saturated rings. The lowest BCUT2D eigenvalue weighted by Crippen LogP contribution is -2.62. The van der Waals surface area contributed by atoms with E-state index >= 15 is 0 Å². The van der Waals surface area contributed by atoms with Crippen molar-refractivity contribution >= 4 is 0 Å². The third kappa shape index (κ3) is 8.68. The van der Waals surface area contributed by atoms with E-state index in [-0.39, 0.29) is 5.54 Å². The van der Waals surface area contributed by atoms with Crippen molar-refractivity contribution in [2.75, 3.05) is 13.1 Å². The highest BCUT2D eigenvalue weighted by atomic mass is 15.2. The summed E-state index contributed by atoms with van der Waals surface area (Å²) >= 11 is 0. The van der Waals surface area contributed by atoms with Crippen LogP contribution < -0.4 is 11.1 Å². The zero-order chi connectivity index (χ0) is 26.9. The molecule has 2 rings (SSSR count). The Labute approximate surface area is 226 Å². The Bertz CT molecular complexity index is 573. The van der Waals surface area contributed by atoms with E-state index in [1.165, 1.54) is 70.6 Å². The predicted molar refractivity (Wildman–Crippen MR) is 160 cm³/mol. The molecule has 36 heavy (non-hydrogen) atoms. The van der Waals surface area contributed by atoms with Crippen LogP contribution in [0.1, 0.15) is 139 Å². The summed E-state index contributed by atoms with van der Waals surface area (Å²) in [4.78, 5) is 5.73. The first-order valence-electron chi connectivity index (χ1n) is 16.0. The van der Waals surface area contributed by atoms with Crippen molar-refractivity contribution < 1.29 is 0 Å². The summed E-state index contributed by atoms with van der Waals surface area (Å²) in [6.45, 7) is 23.9. The van der Waals surface area contributed by atoms with Crippen LogP contribution in [0.4, 0.5) is 0 Å². The highest BCUT2D eigenvalue weighted by Crippen LogP contribution is 2.44. The smallest absolute Gasteiger partial charge is 0.0199 e. The average molecular weight is 507 g/mol. The predicted octanol–water partition coefficient (Wildman–Crippen LogP) is 7.21. The first-order chi connectivity index (χ1) is 17.0. The fourth-order valence-corrected chi connectivity index (χ4v) is 8.47. The van der Waals surface area contributed by atoms with Crippen molar-refractivity contribution in [3.05, 3.63) is 0 Å². The monoisotopic (exact) mass is 507 g/mol. The molecular formula is C32H66N4. The van der Waals surface area contributed by atoms with Crippen LogP contribution in [0, 0.1) is 11.8 Å². The topological polar surface area (TPSA) is 44.5 Å². The van der Waals surface area contributed by atoms with Gasteiger partial charge in [-0.15, -0.1) is 0 Å². The van der Waals surface area contributed by atoms with E-state index in [1.54, 1.807) is 0 Å². The maximum Gasteiger partial charge on any atom is 0.0199 e. The molecular weight excluding hydrogens is 440 g/mol. The van der Waals surface area contributed by atoms with E-state index in [0.717, 1.165) is 37.4 Å². The second kappa shape index (κ2) is 15.4. The first-order valence-corrected chi connectivity index (χ1v) is 16.0. The van der Waals surface area contributed by atoms with Crippen molar-refractivity contribution in [1.82, 2.24) is 15.1 Å². The molecule has 5 atom stereocenters. The molecule has 214 valence electrons. The summed E-state index contributed by atoms with van der Waals surface area (Å²) in [6.07, 6.45) is 16.1. The summed E-state index contributed by atoms with van der Waals surface area (Å²) in [5.41, 5.74) is 6.00. The molecule has 0 bridgehead atoms. The Morgan fingerprint density at radius 2 is 1.19 bits per heavy atom. The largest absolute Gasteiger partial charge is 0.330 e. The standard InChI is InChI=1S/C32H66N4/c1-24(2)35(25(3)4)30-19-13-11-17-28(30)23-32(9,34-22-16-10-15-21-33)29-18-12-14-20-31(29)36(26(5)6)27(7)8/h24-31,34H,10-23,33H2,1-9H3. The molecule has 2 saturated carbocycles. The minimum Gasteiger partial charge on any atom is -0.330 e. The Hall–Kier alpha value is -0.160. The van der Waals surface area contributed by atoms with Gasteiger partial charge in [0.25, 0.3) is 0 Å². The summed E-state index contributed by atoms with van der Waals surface area (Å²) in [7, 11) is 0. The quantitative estimate of drug-likeness (QED) is 0.230. The minimum atomic E-state index is 0.190. The van der Waals surface area contributed by atoms with Crippen molar-refractivity contribution in [1.29, 1.82) is 0 Å². The van der Waals surface area contributed by atoms with Crippen molar-refractivity contribution in [2.45, 2.75) is 181 Å². The molecule has 0 amide bonds. The number of rotatable bonds is 15. The molecule has 4 heteroatoms. The number of nitrogens with one attached hydrogen (secondary N) is 1. The molecule has 0 aliphatic heterocycles. The van der Waals surface area contributed by atoms with E-state index < -0.39 is 0 Å². The van der Waals surface area contributed by atoms with E-state index in [2.05, 4.69) is 77.4 Å². The van der Waals surface area contributed by atoms with Crippen LogP contribution in [0.3, 0.4) is 0 Å². The van der Waals surface area contributed by atoms with E-state index in [1.807, 2.05) is 0 Å². The molecule has 0 radical (unpaired) electrons. The fraction of sp³-hybridized carbons (Fsp3) is 1.00. The summed E-state index contributed by atoms with van der Waals surface area (Å²) < 4.78 is 0. The van der Waals surface area contributed by atoms with Gasteiger partial charge in [-0.25, -0.2) is 0 Å². The zero-order valence-electron chi connectivity index (χ0n) is 26.0. The lowest BCUT2D eigenvalue weighted by atomic mass is 9.65. The third-order valence-electron chi connectivity index (χ3n) is 9.66. The molecule has 2 aliphatic rings. The minimum absolute atomic E-state index is 0.190. The van der Waals surface area contributed by atoms with Crippen molar-refractivity contribution in [3.8, 4) is 0 Å². The number of hydrogen-bond donors (Lipinski definition) is 2. The number of unbranched alkanes of at least 4 members (excludes halogenated alkanes) is 2. The number of nitrogens with zero attached hydrogens (tertiary/aromatic N) is 2. The molecule has 4 nitrogen and oxygen atoms in total. The van der Waals surface area contributed by atoms with Gasteiger partial charge in [0, 0.05) is 41.8 Å². The Morgan fingerprint density at radius 3 is 1.75 bits per heavy atom. The molecule has 5 unspecified atom stereocenters. The zero-order valence-corrected chi connectivity index (χ0v) is 26.0. The Balaban J connectivity index is 2.37. The molecule has 0 aromatic rings. The third-order valence-corrected chi connectivity index (χ3v) is 9.66. The SMILES string of the molecule is CC(C)N(C(C)C)C1CCCCC1CC(C)(NCCCCCN)C1CCCCC1N(C(C)C)C(C)C. The second-order valence-corrected chi connectivity index (χ2v) is 13.7. The Morgan fingerprint density at radius 1 is 0.694 bits per heavy atom. The molecule has 0 aromatic carbocycles. The van der Waals surface area contributed by atoms with Crippen LogP contribution in [0.25, 0.3) is 0 Å². The van der Waals surface area contributed by atoms with Crippen LogP contribution in [0.5, 0.6) is 0 Å².